The number of nitrogens with zero attached hydrogens (tertiary/aromatic N) is 1. The lowest BCUT2D eigenvalue weighted by molar-refractivity contribution is 0.0923. The summed E-state index contributed by atoms with van der Waals surface area (Å²) >= 11 is 1.53. The molecule has 5 heteroatoms. The Morgan fingerprint density at radius 1 is 1.00 bits per heavy atom. The zero-order chi connectivity index (χ0) is 22.9. The smallest absolute Gasteiger partial charge is 0.188 e. The lowest BCUT2D eigenvalue weighted by atomic mass is 9.94. The first kappa shape index (κ1) is 21.8. The van der Waals surface area contributed by atoms with E-state index in [0.717, 1.165) is 52.6 Å². The fourth-order valence-corrected chi connectivity index (χ4v) is 5.44. The number of hydrogen-bond acceptors (Lipinski definition) is 4. The molecule has 1 fully saturated rings. The number of nitrogens with one attached hydrogen (secondary N) is 1. The van der Waals surface area contributed by atoms with E-state index >= 15 is 0 Å². The number of aromatic nitrogens is 1. The quantitative estimate of drug-likeness (QED) is 0.295. The summed E-state index contributed by atoms with van der Waals surface area (Å²) in [6.07, 6.45) is 4.27. The number of fused-ring (bicyclic) bond motifs is 1. The highest BCUT2D eigenvalue weighted by atomic mass is 32.1. The third kappa shape index (κ3) is 4.55. The van der Waals surface area contributed by atoms with E-state index in [4.69, 9.17) is 0 Å². The van der Waals surface area contributed by atoms with Crippen molar-refractivity contribution < 1.29 is 9.18 Å². The molecule has 33 heavy (non-hydrogen) atoms. The van der Waals surface area contributed by atoms with Gasteiger partial charge in [-0.15, -0.1) is 0 Å². The number of Topliss-reactive ketones (excluding diaryl/α,β-unsaturated/α-hetero) is 1. The average molecular weight is 459 g/mol. The van der Waals surface area contributed by atoms with Crippen LogP contribution >= 0.6 is 11.3 Å². The maximum atomic E-state index is 14.9. The van der Waals surface area contributed by atoms with E-state index in [-0.39, 0.29) is 17.5 Å². The summed E-state index contributed by atoms with van der Waals surface area (Å²) in [5.41, 5.74) is 5.00. The average Bonchev–Trinajstić information content (AvgIpc) is 3.49. The minimum Gasteiger partial charge on any atom is -0.329 e. The van der Waals surface area contributed by atoms with E-state index in [2.05, 4.69) is 36.3 Å². The molecule has 0 atom stereocenters. The highest BCUT2D eigenvalue weighted by Crippen LogP contribution is 2.33. The Bertz CT molecular complexity index is 1300. The van der Waals surface area contributed by atoms with Crippen LogP contribution in [0.15, 0.2) is 60.7 Å². The van der Waals surface area contributed by atoms with Gasteiger partial charge in [0, 0.05) is 11.5 Å². The van der Waals surface area contributed by atoms with Crippen molar-refractivity contribution in [1.82, 2.24) is 4.98 Å². The fourth-order valence-electron chi connectivity index (χ4n) is 4.52. The highest BCUT2D eigenvalue weighted by molar-refractivity contribution is 7.22. The van der Waals surface area contributed by atoms with Crippen molar-refractivity contribution in [2.24, 2.45) is 5.92 Å². The minimum absolute atomic E-state index is 0.165. The minimum atomic E-state index is -0.333. The van der Waals surface area contributed by atoms with Gasteiger partial charge in [0.1, 0.15) is 5.82 Å². The van der Waals surface area contributed by atoms with Gasteiger partial charge in [0.2, 0.25) is 0 Å². The van der Waals surface area contributed by atoms with Crippen molar-refractivity contribution >= 4 is 38.2 Å². The van der Waals surface area contributed by atoms with Crippen LogP contribution in [0.1, 0.15) is 61.4 Å². The summed E-state index contributed by atoms with van der Waals surface area (Å²) in [6.45, 7) is 4.33. The Labute approximate surface area is 197 Å². The summed E-state index contributed by atoms with van der Waals surface area (Å²) in [6, 6.07) is 19.0. The number of hydrogen-bond donors (Lipinski definition) is 1. The molecule has 0 unspecified atom stereocenters. The van der Waals surface area contributed by atoms with Crippen LogP contribution in [0.4, 0.5) is 15.2 Å². The highest BCUT2D eigenvalue weighted by Gasteiger charge is 2.23. The molecule has 0 spiro atoms. The standard InChI is InChI=1S/C28H27FN2OS/c1-17(2)21-11-14-25-26(16-21)33-28(31-25)30-24-13-12-22(15-23(24)29)18-7-9-20(10-8-18)27(32)19-5-3-4-6-19/h7-17,19H,3-6H2,1-2H3,(H,30,31). The molecule has 168 valence electrons. The van der Waals surface area contributed by atoms with Crippen molar-refractivity contribution in [3.05, 3.63) is 77.6 Å². The zero-order valence-corrected chi connectivity index (χ0v) is 19.7. The van der Waals surface area contributed by atoms with Crippen LogP contribution in [0, 0.1) is 11.7 Å². The van der Waals surface area contributed by atoms with E-state index in [1.165, 1.54) is 23.0 Å². The lowest BCUT2D eigenvalue weighted by Crippen LogP contribution is -2.10. The molecular weight excluding hydrogens is 431 g/mol. The molecule has 5 rings (SSSR count). The first-order valence-electron chi connectivity index (χ1n) is 11.6. The van der Waals surface area contributed by atoms with E-state index in [1.807, 2.05) is 36.4 Å². The molecule has 4 aromatic rings. The monoisotopic (exact) mass is 458 g/mol. The molecule has 1 aliphatic carbocycles. The number of halogens is 1. The molecule has 1 aliphatic rings. The van der Waals surface area contributed by atoms with Gasteiger partial charge in [-0.3, -0.25) is 4.79 Å². The SMILES string of the molecule is CC(C)c1ccc2nc(Nc3ccc(-c4ccc(C(=O)C5CCCC5)cc4)cc3F)sc2c1. The molecule has 1 N–H and O–H groups in total. The van der Waals surface area contributed by atoms with Crippen LogP contribution in [0.2, 0.25) is 0 Å². The zero-order valence-electron chi connectivity index (χ0n) is 18.9. The van der Waals surface area contributed by atoms with Gasteiger partial charge in [-0.1, -0.05) is 74.4 Å². The maximum absolute atomic E-state index is 14.9. The molecule has 1 saturated carbocycles. The Kier molecular flexibility index (Phi) is 5.98. The second-order valence-electron chi connectivity index (χ2n) is 9.14. The molecule has 1 heterocycles. The number of benzene rings is 3. The van der Waals surface area contributed by atoms with Crippen molar-refractivity contribution in [2.45, 2.75) is 45.4 Å². The number of rotatable bonds is 6. The number of carbonyl (C=O) groups excluding carboxylic acids is 1. The number of carbonyl (C=O) groups is 1. The third-order valence-electron chi connectivity index (χ3n) is 6.52. The van der Waals surface area contributed by atoms with Crippen molar-refractivity contribution in [2.75, 3.05) is 5.32 Å². The number of ketones is 1. The molecular formula is C28H27FN2OS. The van der Waals surface area contributed by atoms with Crippen LogP contribution < -0.4 is 5.32 Å². The molecule has 1 aromatic heterocycles. The number of anilines is 2. The van der Waals surface area contributed by atoms with Gasteiger partial charge in [0.25, 0.3) is 0 Å². The topological polar surface area (TPSA) is 42.0 Å². The predicted octanol–water partition coefficient (Wildman–Crippen LogP) is 8.34. The van der Waals surface area contributed by atoms with Gasteiger partial charge < -0.3 is 5.32 Å². The second kappa shape index (κ2) is 9.06. The first-order valence-corrected chi connectivity index (χ1v) is 12.4. The van der Waals surface area contributed by atoms with Gasteiger partial charge >= 0.3 is 0 Å². The summed E-state index contributed by atoms with van der Waals surface area (Å²) < 4.78 is 16.0. The van der Waals surface area contributed by atoms with Crippen LogP contribution in [-0.4, -0.2) is 10.8 Å². The number of thiazole rings is 1. The van der Waals surface area contributed by atoms with Crippen LogP contribution in [0.25, 0.3) is 21.3 Å². The summed E-state index contributed by atoms with van der Waals surface area (Å²) in [5.74, 6) is 0.521. The van der Waals surface area contributed by atoms with Gasteiger partial charge in [0.05, 0.1) is 15.9 Å². The summed E-state index contributed by atoms with van der Waals surface area (Å²) in [4.78, 5) is 17.2. The Hall–Kier alpha value is -3.05. The Morgan fingerprint density at radius 2 is 1.73 bits per heavy atom. The predicted molar refractivity (Wildman–Crippen MR) is 135 cm³/mol. The molecule has 0 amide bonds. The third-order valence-corrected chi connectivity index (χ3v) is 7.45. The molecule has 0 radical (unpaired) electrons. The van der Waals surface area contributed by atoms with E-state index in [9.17, 15) is 9.18 Å². The first-order chi connectivity index (χ1) is 16.0. The van der Waals surface area contributed by atoms with E-state index in [1.54, 1.807) is 6.07 Å². The molecule has 3 aromatic carbocycles. The maximum Gasteiger partial charge on any atom is 0.188 e. The summed E-state index contributed by atoms with van der Waals surface area (Å²) in [5, 5.41) is 3.81. The lowest BCUT2D eigenvalue weighted by Gasteiger charge is -2.10. The van der Waals surface area contributed by atoms with Crippen molar-refractivity contribution in [3.63, 3.8) is 0 Å². The second-order valence-corrected chi connectivity index (χ2v) is 10.2. The molecule has 0 saturated heterocycles. The van der Waals surface area contributed by atoms with E-state index in [0.29, 0.717) is 16.7 Å². The van der Waals surface area contributed by atoms with Crippen molar-refractivity contribution in [1.29, 1.82) is 0 Å². The van der Waals surface area contributed by atoms with Gasteiger partial charge in [-0.05, 0) is 59.7 Å². The molecule has 0 bridgehead atoms. The summed E-state index contributed by atoms with van der Waals surface area (Å²) in [7, 11) is 0. The Balaban J connectivity index is 1.33. The van der Waals surface area contributed by atoms with Gasteiger partial charge in [-0.25, -0.2) is 9.37 Å². The van der Waals surface area contributed by atoms with E-state index < -0.39 is 0 Å². The normalized spacial score (nSPS) is 14.3. The van der Waals surface area contributed by atoms with Gasteiger partial charge in [0.15, 0.2) is 10.9 Å². The van der Waals surface area contributed by atoms with Crippen molar-refractivity contribution in [3.8, 4) is 11.1 Å². The molecule has 0 aliphatic heterocycles. The fraction of sp³-hybridized carbons (Fsp3) is 0.286. The van der Waals surface area contributed by atoms with Crippen LogP contribution in [0.3, 0.4) is 0 Å². The largest absolute Gasteiger partial charge is 0.329 e. The van der Waals surface area contributed by atoms with Gasteiger partial charge in [-0.2, -0.15) is 0 Å². The van der Waals surface area contributed by atoms with Crippen LogP contribution in [-0.2, 0) is 0 Å². The molecule has 3 nitrogen and oxygen atoms in total. The van der Waals surface area contributed by atoms with Crippen LogP contribution in [0.5, 0.6) is 0 Å². The Morgan fingerprint density at radius 3 is 2.42 bits per heavy atom.